The van der Waals surface area contributed by atoms with E-state index >= 15 is 0 Å². The van der Waals surface area contributed by atoms with E-state index in [0.717, 1.165) is 31.6 Å². The lowest BCUT2D eigenvalue weighted by atomic mass is 10.3. The van der Waals surface area contributed by atoms with Gasteiger partial charge in [-0.2, -0.15) is 0 Å². The topological polar surface area (TPSA) is 98.7 Å². The fourth-order valence-electron chi connectivity index (χ4n) is 2.67. The van der Waals surface area contributed by atoms with Gasteiger partial charge in [-0.3, -0.25) is 9.59 Å². The highest BCUT2D eigenvalue weighted by Gasteiger charge is 2.17. The Kier molecular flexibility index (Phi) is 7.85. The Hall–Kier alpha value is -2.64. The molecule has 1 aromatic heterocycles. The summed E-state index contributed by atoms with van der Waals surface area (Å²) in [5, 5.41) is 8.93. The molecule has 1 aromatic rings. The number of likely N-dealkylation sites (tertiary alicyclic amines) is 1. The maximum atomic E-state index is 12.1. The molecule has 3 N–H and O–H groups in total. The van der Waals surface area contributed by atoms with Crippen molar-refractivity contribution in [2.75, 3.05) is 38.0 Å². The molecule has 8 nitrogen and oxygen atoms in total. The van der Waals surface area contributed by atoms with E-state index in [1.54, 1.807) is 6.07 Å². The van der Waals surface area contributed by atoms with E-state index in [1.807, 2.05) is 30.9 Å². The Morgan fingerprint density at radius 3 is 2.69 bits per heavy atom. The highest BCUT2D eigenvalue weighted by atomic mass is 16.2. The second kappa shape index (κ2) is 10.4. The Morgan fingerprint density at radius 2 is 2.00 bits per heavy atom. The third-order valence-corrected chi connectivity index (χ3v) is 3.98. The van der Waals surface area contributed by atoms with Gasteiger partial charge in [0.1, 0.15) is 12.4 Å². The quantitative estimate of drug-likeness (QED) is 0.496. The van der Waals surface area contributed by atoms with Gasteiger partial charge in [0.2, 0.25) is 11.8 Å². The van der Waals surface area contributed by atoms with Gasteiger partial charge >= 0.3 is 0 Å². The second-order valence-corrected chi connectivity index (χ2v) is 6.17. The van der Waals surface area contributed by atoms with Gasteiger partial charge in [-0.25, -0.2) is 9.98 Å². The number of carbonyl (C=O) groups is 2. The van der Waals surface area contributed by atoms with Crippen LogP contribution in [0.15, 0.2) is 23.2 Å². The lowest BCUT2D eigenvalue weighted by Gasteiger charge is -2.15. The number of pyridine rings is 1. The smallest absolute Gasteiger partial charge is 0.244 e. The number of hydrogen-bond donors (Lipinski definition) is 3. The number of carbonyl (C=O) groups excluding carboxylic acids is 2. The van der Waals surface area contributed by atoms with E-state index in [0.29, 0.717) is 24.9 Å². The van der Waals surface area contributed by atoms with E-state index in [2.05, 4.69) is 25.9 Å². The van der Waals surface area contributed by atoms with Crippen molar-refractivity contribution in [3.05, 3.63) is 23.9 Å². The fraction of sp³-hybridized carbons (Fsp3) is 0.556. The lowest BCUT2D eigenvalue weighted by molar-refractivity contribution is -0.128. The molecule has 0 aliphatic carbocycles. The maximum Gasteiger partial charge on any atom is 0.244 e. The summed E-state index contributed by atoms with van der Waals surface area (Å²) < 4.78 is 0. The Balaban J connectivity index is 1.75. The molecule has 2 heterocycles. The average molecular weight is 360 g/mol. The van der Waals surface area contributed by atoms with Gasteiger partial charge < -0.3 is 20.9 Å². The van der Waals surface area contributed by atoms with Crippen LogP contribution in [-0.2, 0) is 9.59 Å². The van der Waals surface area contributed by atoms with Gasteiger partial charge in [0, 0.05) is 38.3 Å². The van der Waals surface area contributed by atoms with E-state index in [1.165, 1.54) is 0 Å². The van der Waals surface area contributed by atoms with Crippen LogP contribution in [0.3, 0.4) is 0 Å². The van der Waals surface area contributed by atoms with Crippen molar-refractivity contribution in [2.24, 2.45) is 4.99 Å². The molecule has 0 unspecified atom stereocenters. The van der Waals surface area contributed by atoms with Gasteiger partial charge in [-0.1, -0.05) is 6.07 Å². The lowest BCUT2D eigenvalue weighted by Crippen LogP contribution is -2.40. The molecule has 1 aliphatic heterocycles. The predicted molar refractivity (Wildman–Crippen MR) is 102 cm³/mol. The standard InChI is InChI=1S/C18H28N6O2/c1-3-19-18(21-13-17(26)24-11-4-5-12-24)20-10-9-16(25)23-15-8-6-7-14(2)22-15/h6-8H,3-5,9-13H2,1-2H3,(H2,19,20,21)(H,22,23,25). The Morgan fingerprint density at radius 1 is 1.23 bits per heavy atom. The van der Waals surface area contributed by atoms with Crippen LogP contribution in [0, 0.1) is 6.92 Å². The summed E-state index contributed by atoms with van der Waals surface area (Å²) in [6.45, 7) is 6.70. The van der Waals surface area contributed by atoms with Crippen LogP contribution in [0.25, 0.3) is 0 Å². The molecule has 0 atom stereocenters. The van der Waals surface area contributed by atoms with Crippen LogP contribution in [0.4, 0.5) is 5.82 Å². The normalized spacial score (nSPS) is 14.2. The molecule has 0 radical (unpaired) electrons. The minimum atomic E-state index is -0.125. The molecule has 1 aliphatic rings. The first-order valence-corrected chi connectivity index (χ1v) is 9.12. The number of aliphatic imine (C=N–C) groups is 1. The number of guanidine groups is 1. The highest BCUT2D eigenvalue weighted by molar-refractivity contribution is 5.90. The van der Waals surface area contributed by atoms with E-state index in [-0.39, 0.29) is 24.8 Å². The number of hydrogen-bond acceptors (Lipinski definition) is 4. The van der Waals surface area contributed by atoms with Crippen LogP contribution in [-0.4, -0.2) is 60.4 Å². The van der Waals surface area contributed by atoms with Crippen molar-refractivity contribution in [2.45, 2.75) is 33.1 Å². The third-order valence-electron chi connectivity index (χ3n) is 3.98. The molecule has 2 amide bonds. The minimum absolute atomic E-state index is 0.0444. The van der Waals surface area contributed by atoms with Crippen molar-refractivity contribution >= 4 is 23.6 Å². The molecule has 142 valence electrons. The molecular weight excluding hydrogens is 332 g/mol. The number of nitrogens with zero attached hydrogens (tertiary/aromatic N) is 3. The number of aromatic nitrogens is 1. The summed E-state index contributed by atoms with van der Waals surface area (Å²) in [5.41, 5.74) is 0.852. The highest BCUT2D eigenvalue weighted by Crippen LogP contribution is 2.07. The summed E-state index contributed by atoms with van der Waals surface area (Å²) >= 11 is 0. The Bertz CT molecular complexity index is 640. The van der Waals surface area contributed by atoms with Gasteiger partial charge in [-0.15, -0.1) is 0 Å². The Labute approximate surface area is 154 Å². The fourth-order valence-corrected chi connectivity index (χ4v) is 2.67. The van der Waals surface area contributed by atoms with E-state index in [9.17, 15) is 9.59 Å². The van der Waals surface area contributed by atoms with Gasteiger partial charge in [0.25, 0.3) is 0 Å². The van der Waals surface area contributed by atoms with Gasteiger partial charge in [-0.05, 0) is 38.8 Å². The van der Waals surface area contributed by atoms with Crippen molar-refractivity contribution < 1.29 is 9.59 Å². The zero-order valence-corrected chi connectivity index (χ0v) is 15.5. The molecule has 0 bridgehead atoms. The summed E-state index contributed by atoms with van der Waals surface area (Å²) in [5.74, 6) is 1.01. The van der Waals surface area contributed by atoms with Crippen LogP contribution >= 0.6 is 0 Å². The summed E-state index contributed by atoms with van der Waals surface area (Å²) in [6.07, 6.45) is 2.41. The number of rotatable bonds is 7. The van der Waals surface area contributed by atoms with E-state index in [4.69, 9.17) is 0 Å². The third kappa shape index (κ3) is 6.70. The van der Waals surface area contributed by atoms with Crippen molar-refractivity contribution in [1.29, 1.82) is 0 Å². The summed E-state index contributed by atoms with van der Waals surface area (Å²) in [7, 11) is 0. The molecule has 8 heteroatoms. The molecule has 2 rings (SSSR count). The first-order valence-electron chi connectivity index (χ1n) is 9.12. The molecule has 0 spiro atoms. The zero-order valence-electron chi connectivity index (χ0n) is 15.5. The maximum absolute atomic E-state index is 12.1. The molecule has 1 fully saturated rings. The number of nitrogens with one attached hydrogen (secondary N) is 3. The van der Waals surface area contributed by atoms with Crippen LogP contribution in [0.2, 0.25) is 0 Å². The summed E-state index contributed by atoms with van der Waals surface area (Å²) in [6, 6.07) is 5.48. The van der Waals surface area contributed by atoms with E-state index < -0.39 is 0 Å². The average Bonchev–Trinajstić information content (AvgIpc) is 3.14. The minimum Gasteiger partial charge on any atom is -0.357 e. The second-order valence-electron chi connectivity index (χ2n) is 6.17. The van der Waals surface area contributed by atoms with Crippen molar-refractivity contribution in [3.8, 4) is 0 Å². The molecular formula is C18H28N6O2. The van der Waals surface area contributed by atoms with Crippen LogP contribution < -0.4 is 16.0 Å². The predicted octanol–water partition coefficient (Wildman–Crippen LogP) is 0.896. The number of amides is 2. The molecule has 26 heavy (non-hydrogen) atoms. The van der Waals surface area contributed by atoms with Crippen molar-refractivity contribution in [1.82, 2.24) is 20.5 Å². The largest absolute Gasteiger partial charge is 0.357 e. The van der Waals surface area contributed by atoms with Crippen LogP contribution in [0.1, 0.15) is 31.9 Å². The molecule has 0 aromatic carbocycles. The molecule has 0 saturated carbocycles. The molecule has 1 saturated heterocycles. The number of anilines is 1. The summed E-state index contributed by atoms with van der Waals surface area (Å²) in [4.78, 5) is 34.4. The number of aryl methyl sites for hydroxylation is 1. The zero-order chi connectivity index (χ0) is 18.8. The monoisotopic (exact) mass is 360 g/mol. The van der Waals surface area contributed by atoms with Crippen molar-refractivity contribution in [3.63, 3.8) is 0 Å². The SMILES string of the molecule is CCNC(=NCC(=O)N1CCCC1)NCCC(=O)Nc1cccc(C)n1. The first kappa shape index (κ1) is 19.7. The first-order chi connectivity index (χ1) is 12.6. The van der Waals surface area contributed by atoms with Gasteiger partial charge in [0.05, 0.1) is 0 Å². The van der Waals surface area contributed by atoms with Crippen LogP contribution in [0.5, 0.6) is 0 Å². The van der Waals surface area contributed by atoms with Gasteiger partial charge in [0.15, 0.2) is 5.96 Å².